The van der Waals surface area contributed by atoms with Crippen molar-refractivity contribution in [2.24, 2.45) is 5.73 Å². The van der Waals surface area contributed by atoms with Crippen molar-refractivity contribution in [1.82, 2.24) is 0 Å². The maximum atomic E-state index is 11.4. The van der Waals surface area contributed by atoms with Crippen LogP contribution in [0.1, 0.15) is 15.9 Å². The number of benzene rings is 2. The van der Waals surface area contributed by atoms with Gasteiger partial charge in [0, 0.05) is 6.07 Å². The van der Waals surface area contributed by atoms with Crippen LogP contribution in [-0.4, -0.2) is 19.6 Å². The summed E-state index contributed by atoms with van der Waals surface area (Å²) in [4.78, 5) is 11.4. The summed E-state index contributed by atoms with van der Waals surface area (Å²) < 4.78 is 10.7. The van der Waals surface area contributed by atoms with Crippen LogP contribution in [0, 0.1) is 0 Å². The summed E-state index contributed by atoms with van der Waals surface area (Å²) in [7, 11) is 1.55. The van der Waals surface area contributed by atoms with E-state index in [-0.39, 0.29) is 0 Å². The van der Waals surface area contributed by atoms with Gasteiger partial charge in [-0.15, -0.1) is 0 Å². The second-order valence-corrected chi connectivity index (χ2v) is 4.35. The van der Waals surface area contributed by atoms with Crippen LogP contribution in [0.4, 0.5) is 0 Å². The molecule has 2 aromatic carbocycles. The van der Waals surface area contributed by atoms with Crippen LogP contribution < -0.4 is 15.2 Å². The van der Waals surface area contributed by atoms with Crippen LogP contribution in [0.15, 0.2) is 54.6 Å². The van der Waals surface area contributed by atoms with Gasteiger partial charge in [0.1, 0.15) is 18.1 Å². The van der Waals surface area contributed by atoms with Crippen molar-refractivity contribution in [3.05, 3.63) is 65.7 Å². The Bertz CT molecular complexity index is 636. The maximum Gasteiger partial charge on any atom is 0.252 e. The van der Waals surface area contributed by atoms with E-state index in [0.717, 1.165) is 5.56 Å². The molecule has 0 aromatic heterocycles. The molecule has 1 amide bonds. The lowest BCUT2D eigenvalue weighted by atomic mass is 10.2. The lowest BCUT2D eigenvalue weighted by Gasteiger charge is -2.09. The fraction of sp³-hybridized carbons (Fsp3) is 0.118. The second kappa shape index (κ2) is 7.14. The van der Waals surface area contributed by atoms with Crippen LogP contribution in [0.2, 0.25) is 0 Å². The Kier molecular flexibility index (Phi) is 4.99. The van der Waals surface area contributed by atoms with Crippen molar-refractivity contribution < 1.29 is 14.3 Å². The quantitative estimate of drug-likeness (QED) is 0.886. The highest BCUT2D eigenvalue weighted by molar-refractivity contribution is 5.95. The molecule has 0 aliphatic carbocycles. The van der Waals surface area contributed by atoms with E-state index in [4.69, 9.17) is 15.2 Å². The zero-order valence-corrected chi connectivity index (χ0v) is 11.8. The number of amides is 1. The number of methoxy groups -OCH3 is 1. The maximum absolute atomic E-state index is 11.4. The van der Waals surface area contributed by atoms with Gasteiger partial charge in [-0.25, -0.2) is 0 Å². The molecule has 0 aliphatic rings. The lowest BCUT2D eigenvalue weighted by Crippen LogP contribution is -2.13. The fourth-order valence-corrected chi connectivity index (χ4v) is 1.84. The third-order valence-electron chi connectivity index (χ3n) is 2.90. The molecule has 0 unspecified atom stereocenters. The molecule has 21 heavy (non-hydrogen) atoms. The van der Waals surface area contributed by atoms with E-state index >= 15 is 0 Å². The van der Waals surface area contributed by atoms with Crippen LogP contribution in [0.3, 0.4) is 0 Å². The molecule has 0 saturated carbocycles. The number of ether oxygens (including phenoxy) is 2. The Balaban J connectivity index is 2.05. The van der Waals surface area contributed by atoms with Crippen molar-refractivity contribution in [2.75, 3.05) is 13.7 Å². The van der Waals surface area contributed by atoms with Gasteiger partial charge in [-0.1, -0.05) is 36.4 Å². The summed E-state index contributed by atoms with van der Waals surface area (Å²) in [5.74, 6) is 0.501. The molecule has 0 fully saturated rings. The predicted octanol–water partition coefficient (Wildman–Crippen LogP) is 2.89. The Hall–Kier alpha value is -2.75. The molecule has 2 rings (SSSR count). The topological polar surface area (TPSA) is 61.5 Å². The third kappa shape index (κ3) is 4.11. The number of hydrogen-bond acceptors (Lipinski definition) is 3. The Labute approximate surface area is 123 Å². The van der Waals surface area contributed by atoms with Gasteiger partial charge < -0.3 is 15.2 Å². The van der Waals surface area contributed by atoms with Crippen LogP contribution in [-0.2, 0) is 0 Å². The minimum absolute atomic E-state index is 0.336. The normalized spacial score (nSPS) is 10.5. The molecule has 0 bridgehead atoms. The molecule has 0 atom stereocenters. The average molecular weight is 283 g/mol. The van der Waals surface area contributed by atoms with E-state index in [9.17, 15) is 4.79 Å². The number of hydrogen-bond donors (Lipinski definition) is 1. The van der Waals surface area contributed by atoms with Crippen LogP contribution >= 0.6 is 0 Å². The summed E-state index contributed by atoms with van der Waals surface area (Å²) in [5, 5.41) is 0. The number of nitrogens with two attached hydrogens (primary N) is 1. The van der Waals surface area contributed by atoms with Crippen molar-refractivity contribution in [2.45, 2.75) is 0 Å². The van der Waals surface area contributed by atoms with Crippen molar-refractivity contribution in [3.8, 4) is 11.5 Å². The van der Waals surface area contributed by atoms with Gasteiger partial charge in [-0.3, -0.25) is 4.79 Å². The molecule has 4 heteroatoms. The summed E-state index contributed by atoms with van der Waals surface area (Å²) in [6, 6.07) is 14.8. The number of primary amides is 1. The summed E-state index contributed by atoms with van der Waals surface area (Å²) in [5.41, 5.74) is 6.75. The first-order valence-corrected chi connectivity index (χ1v) is 6.53. The predicted molar refractivity (Wildman–Crippen MR) is 82.5 cm³/mol. The molecule has 4 nitrogen and oxygen atoms in total. The molecule has 0 heterocycles. The highest BCUT2D eigenvalue weighted by Crippen LogP contribution is 2.24. The number of carbonyl (C=O) groups excluding carboxylic acids is 1. The Morgan fingerprint density at radius 3 is 2.62 bits per heavy atom. The Morgan fingerprint density at radius 2 is 1.95 bits per heavy atom. The first-order valence-electron chi connectivity index (χ1n) is 6.53. The van der Waals surface area contributed by atoms with Crippen molar-refractivity contribution in [1.29, 1.82) is 0 Å². The van der Waals surface area contributed by atoms with E-state index in [1.54, 1.807) is 25.3 Å². The molecule has 0 radical (unpaired) electrons. The third-order valence-corrected chi connectivity index (χ3v) is 2.90. The van der Waals surface area contributed by atoms with E-state index in [1.165, 1.54) is 0 Å². The van der Waals surface area contributed by atoms with E-state index < -0.39 is 5.91 Å². The average Bonchev–Trinajstić information content (AvgIpc) is 2.52. The molecular weight excluding hydrogens is 266 g/mol. The zero-order chi connectivity index (χ0) is 15.1. The molecule has 0 spiro atoms. The molecule has 0 aliphatic heterocycles. The monoisotopic (exact) mass is 283 g/mol. The van der Waals surface area contributed by atoms with Crippen molar-refractivity contribution in [3.63, 3.8) is 0 Å². The lowest BCUT2D eigenvalue weighted by molar-refractivity contribution is 0.0997. The van der Waals surface area contributed by atoms with Gasteiger partial charge in [-0.05, 0) is 23.8 Å². The van der Waals surface area contributed by atoms with Gasteiger partial charge in [-0.2, -0.15) is 0 Å². The smallest absolute Gasteiger partial charge is 0.252 e. The van der Waals surface area contributed by atoms with Gasteiger partial charge in [0.25, 0.3) is 5.91 Å². The Morgan fingerprint density at radius 1 is 1.19 bits per heavy atom. The van der Waals surface area contributed by atoms with Crippen LogP contribution in [0.25, 0.3) is 6.08 Å². The summed E-state index contributed by atoms with van der Waals surface area (Å²) in [6.45, 7) is 0.336. The van der Waals surface area contributed by atoms with E-state index in [1.807, 2.05) is 42.5 Å². The minimum Gasteiger partial charge on any atom is -0.497 e. The number of rotatable bonds is 6. The van der Waals surface area contributed by atoms with Crippen LogP contribution in [0.5, 0.6) is 11.5 Å². The largest absolute Gasteiger partial charge is 0.497 e. The summed E-state index contributed by atoms with van der Waals surface area (Å²) >= 11 is 0. The first-order chi connectivity index (χ1) is 10.2. The molecule has 108 valence electrons. The minimum atomic E-state index is -0.528. The van der Waals surface area contributed by atoms with Gasteiger partial charge >= 0.3 is 0 Å². The molecule has 2 N–H and O–H groups in total. The number of carbonyl (C=O) groups is 1. The fourth-order valence-electron chi connectivity index (χ4n) is 1.84. The van der Waals surface area contributed by atoms with Gasteiger partial charge in [0.15, 0.2) is 0 Å². The molecule has 2 aromatic rings. The second-order valence-electron chi connectivity index (χ2n) is 4.35. The first kappa shape index (κ1) is 14.7. The zero-order valence-electron chi connectivity index (χ0n) is 11.8. The molecule has 0 saturated heterocycles. The summed E-state index contributed by atoms with van der Waals surface area (Å²) in [6.07, 6.45) is 3.82. The van der Waals surface area contributed by atoms with Gasteiger partial charge in [0.05, 0.1) is 12.7 Å². The van der Waals surface area contributed by atoms with E-state index in [0.29, 0.717) is 23.7 Å². The highest BCUT2D eigenvalue weighted by atomic mass is 16.5. The van der Waals surface area contributed by atoms with Crippen molar-refractivity contribution >= 4 is 12.0 Å². The van der Waals surface area contributed by atoms with Gasteiger partial charge in [0.2, 0.25) is 0 Å². The SMILES string of the molecule is COc1ccc(C(N)=O)c(OC/C=C/c2ccccc2)c1. The standard InChI is InChI=1S/C17H17NO3/c1-20-14-9-10-15(17(18)19)16(12-14)21-11-5-8-13-6-3-2-4-7-13/h2-10,12H,11H2,1H3,(H2,18,19)/b8-5+. The molecular formula is C17H17NO3. The van der Waals surface area contributed by atoms with E-state index in [2.05, 4.69) is 0 Å². The highest BCUT2D eigenvalue weighted by Gasteiger charge is 2.10.